The summed E-state index contributed by atoms with van der Waals surface area (Å²) in [6, 6.07) is 19.3. The van der Waals surface area contributed by atoms with E-state index in [0.717, 1.165) is 17.9 Å². The molecule has 0 bridgehead atoms. The smallest absolute Gasteiger partial charge is 0.138 e. The summed E-state index contributed by atoms with van der Waals surface area (Å²) in [7, 11) is 0. The van der Waals surface area contributed by atoms with Crippen LogP contribution in [-0.2, 0) is 6.42 Å². The highest BCUT2D eigenvalue weighted by atomic mass is 16.5. The van der Waals surface area contributed by atoms with E-state index in [1.54, 1.807) is 0 Å². The summed E-state index contributed by atoms with van der Waals surface area (Å²) in [6.45, 7) is 0. The fourth-order valence-corrected chi connectivity index (χ4v) is 1.93. The van der Waals surface area contributed by atoms with Crippen LogP contribution in [0.4, 0.5) is 0 Å². The van der Waals surface area contributed by atoms with Crippen molar-refractivity contribution in [1.82, 2.24) is 0 Å². The van der Waals surface area contributed by atoms with Crippen LogP contribution in [0.2, 0.25) is 0 Å². The van der Waals surface area contributed by atoms with Crippen LogP contribution in [0.15, 0.2) is 66.4 Å². The summed E-state index contributed by atoms with van der Waals surface area (Å²) in [5.41, 5.74) is 2.36. The molecule has 0 unspecified atom stereocenters. The molecule has 3 rings (SSSR count). The van der Waals surface area contributed by atoms with Gasteiger partial charge in [0.25, 0.3) is 0 Å². The lowest BCUT2D eigenvalue weighted by Crippen LogP contribution is -2.02. The van der Waals surface area contributed by atoms with Gasteiger partial charge in [-0.1, -0.05) is 54.6 Å². The van der Waals surface area contributed by atoms with Crippen LogP contribution in [0.25, 0.3) is 6.08 Å². The monoisotopic (exact) mass is 233 g/mol. The van der Waals surface area contributed by atoms with Gasteiger partial charge in [0.15, 0.2) is 0 Å². The van der Waals surface area contributed by atoms with Crippen molar-refractivity contribution in [1.29, 1.82) is 0 Å². The third kappa shape index (κ3) is 2.35. The first-order valence-electron chi connectivity index (χ1n) is 6.02. The van der Waals surface area contributed by atoms with Gasteiger partial charge in [0.1, 0.15) is 11.5 Å². The molecule has 0 amide bonds. The molecule has 2 aromatic rings. The topological polar surface area (TPSA) is 9.23 Å². The summed E-state index contributed by atoms with van der Waals surface area (Å²) < 4.78 is 5.77. The summed E-state index contributed by atoms with van der Waals surface area (Å²) in [5, 5.41) is 0. The van der Waals surface area contributed by atoms with Gasteiger partial charge in [0.05, 0.1) is 0 Å². The molecule has 0 aromatic heterocycles. The molecule has 1 nitrogen and oxygen atoms in total. The van der Waals surface area contributed by atoms with E-state index in [9.17, 15) is 0 Å². The zero-order chi connectivity index (χ0) is 12.2. The fraction of sp³-hybridized carbons (Fsp3) is 0.0588. The first-order valence-corrected chi connectivity index (χ1v) is 6.02. The molecule has 1 aliphatic heterocycles. The SMILES string of the molecule is [c]1cccc2c1OC(C=Cc1ccccc1)=CC2. The van der Waals surface area contributed by atoms with Crippen molar-refractivity contribution in [2.75, 3.05) is 0 Å². The zero-order valence-electron chi connectivity index (χ0n) is 9.97. The lowest BCUT2D eigenvalue weighted by Gasteiger charge is -2.15. The Morgan fingerprint density at radius 2 is 1.89 bits per heavy atom. The van der Waals surface area contributed by atoms with Gasteiger partial charge in [-0.3, -0.25) is 0 Å². The van der Waals surface area contributed by atoms with Crippen LogP contribution in [-0.4, -0.2) is 0 Å². The minimum atomic E-state index is 0.840. The maximum absolute atomic E-state index is 5.77. The van der Waals surface area contributed by atoms with Gasteiger partial charge in [-0.15, -0.1) is 0 Å². The molecular weight excluding hydrogens is 220 g/mol. The summed E-state index contributed by atoms with van der Waals surface area (Å²) in [5.74, 6) is 1.72. The number of para-hydroxylation sites is 1. The van der Waals surface area contributed by atoms with Crippen molar-refractivity contribution < 1.29 is 4.74 Å². The Kier molecular flexibility index (Phi) is 2.97. The third-order valence-corrected chi connectivity index (χ3v) is 2.88. The molecular formula is C17H13O. The molecule has 0 atom stereocenters. The minimum absolute atomic E-state index is 0.840. The molecule has 0 saturated carbocycles. The molecule has 0 saturated heterocycles. The van der Waals surface area contributed by atoms with E-state index >= 15 is 0 Å². The van der Waals surface area contributed by atoms with Crippen LogP contribution < -0.4 is 4.74 Å². The van der Waals surface area contributed by atoms with E-state index in [-0.39, 0.29) is 0 Å². The number of hydrogen-bond acceptors (Lipinski definition) is 1. The van der Waals surface area contributed by atoms with Crippen LogP contribution >= 0.6 is 0 Å². The average Bonchev–Trinajstić information content (AvgIpc) is 2.46. The molecule has 0 N–H and O–H groups in total. The second kappa shape index (κ2) is 4.92. The van der Waals surface area contributed by atoms with Gasteiger partial charge in [-0.25, -0.2) is 0 Å². The fourth-order valence-electron chi connectivity index (χ4n) is 1.93. The Morgan fingerprint density at radius 3 is 2.78 bits per heavy atom. The van der Waals surface area contributed by atoms with E-state index in [1.165, 1.54) is 11.1 Å². The number of benzene rings is 2. The Balaban J connectivity index is 1.77. The second-order valence-corrected chi connectivity index (χ2v) is 4.18. The quantitative estimate of drug-likeness (QED) is 0.761. The van der Waals surface area contributed by atoms with E-state index < -0.39 is 0 Å². The lowest BCUT2D eigenvalue weighted by atomic mass is 10.1. The van der Waals surface area contributed by atoms with Crippen molar-refractivity contribution >= 4 is 6.08 Å². The highest BCUT2D eigenvalue weighted by Gasteiger charge is 2.09. The molecule has 1 aliphatic rings. The van der Waals surface area contributed by atoms with Crippen LogP contribution in [0.5, 0.6) is 5.75 Å². The Hall–Kier alpha value is -2.28. The van der Waals surface area contributed by atoms with Gasteiger partial charge in [-0.2, -0.15) is 0 Å². The minimum Gasteiger partial charge on any atom is -0.457 e. The van der Waals surface area contributed by atoms with Gasteiger partial charge >= 0.3 is 0 Å². The van der Waals surface area contributed by atoms with E-state index in [2.05, 4.69) is 36.4 Å². The Morgan fingerprint density at radius 1 is 1.00 bits per heavy atom. The number of ether oxygens (including phenoxy) is 1. The molecule has 18 heavy (non-hydrogen) atoms. The van der Waals surface area contributed by atoms with Gasteiger partial charge in [-0.05, 0) is 29.7 Å². The third-order valence-electron chi connectivity index (χ3n) is 2.88. The summed E-state index contributed by atoms with van der Waals surface area (Å²) >= 11 is 0. The second-order valence-electron chi connectivity index (χ2n) is 4.18. The number of allylic oxidation sites excluding steroid dienone is 2. The first-order chi connectivity index (χ1) is 8.92. The van der Waals surface area contributed by atoms with Crippen molar-refractivity contribution in [3.05, 3.63) is 83.6 Å². The average molecular weight is 233 g/mol. The van der Waals surface area contributed by atoms with E-state index in [4.69, 9.17) is 4.74 Å². The molecule has 0 fully saturated rings. The first kappa shape index (κ1) is 10.8. The molecule has 0 spiro atoms. The summed E-state index contributed by atoms with van der Waals surface area (Å²) in [4.78, 5) is 0. The van der Waals surface area contributed by atoms with Gasteiger partial charge in [0, 0.05) is 6.07 Å². The van der Waals surface area contributed by atoms with E-state index in [1.807, 2.05) is 36.4 Å². The Bertz CT molecular complexity index is 594. The highest BCUT2D eigenvalue weighted by molar-refractivity contribution is 5.53. The standard InChI is InChI=1S/C17H13O/c1-2-6-14(7-3-1)10-12-16-13-11-15-8-4-5-9-17(15)18-16/h1-8,10,12-13H,11H2. The number of rotatable bonds is 2. The molecule has 1 heterocycles. The summed E-state index contributed by atoms with van der Waals surface area (Å²) in [6.07, 6.45) is 7.05. The maximum Gasteiger partial charge on any atom is 0.138 e. The molecule has 0 aliphatic carbocycles. The zero-order valence-corrected chi connectivity index (χ0v) is 9.97. The number of hydrogen-bond donors (Lipinski definition) is 0. The van der Waals surface area contributed by atoms with Crippen LogP contribution in [0.3, 0.4) is 0 Å². The van der Waals surface area contributed by atoms with Crippen LogP contribution in [0, 0.1) is 6.07 Å². The van der Waals surface area contributed by atoms with E-state index in [0.29, 0.717) is 0 Å². The largest absolute Gasteiger partial charge is 0.457 e. The molecule has 2 aromatic carbocycles. The molecule has 1 radical (unpaired) electrons. The van der Waals surface area contributed by atoms with Crippen LogP contribution in [0.1, 0.15) is 11.1 Å². The lowest BCUT2D eigenvalue weighted by molar-refractivity contribution is 0.428. The van der Waals surface area contributed by atoms with Crippen molar-refractivity contribution in [3.8, 4) is 5.75 Å². The molecule has 87 valence electrons. The van der Waals surface area contributed by atoms with Crippen molar-refractivity contribution in [2.45, 2.75) is 6.42 Å². The van der Waals surface area contributed by atoms with Crippen molar-refractivity contribution in [2.24, 2.45) is 0 Å². The maximum atomic E-state index is 5.77. The molecule has 1 heteroatoms. The predicted molar refractivity (Wildman–Crippen MR) is 73.2 cm³/mol. The number of fused-ring (bicyclic) bond motifs is 1. The highest BCUT2D eigenvalue weighted by Crippen LogP contribution is 2.25. The normalized spacial score (nSPS) is 13.9. The van der Waals surface area contributed by atoms with Gasteiger partial charge in [0.2, 0.25) is 0 Å². The van der Waals surface area contributed by atoms with Crippen molar-refractivity contribution in [3.63, 3.8) is 0 Å². The predicted octanol–water partition coefficient (Wildman–Crippen LogP) is 4.02. The van der Waals surface area contributed by atoms with Gasteiger partial charge < -0.3 is 4.74 Å². The Labute approximate surface area is 107 Å².